The standard InChI is InChI=1S/C20H30FN5.HI/c1-6-22-20(26(5)15-18-8-7-13-25(18)4)23-14-19(24(2)3)16-9-11-17(21)12-10-16;/h7-13,19H,6,14-15H2,1-5H3,(H,22,23);1H. The first-order chi connectivity index (χ1) is 12.4. The van der Waals surface area contributed by atoms with Crippen molar-refractivity contribution in [2.75, 3.05) is 34.2 Å². The van der Waals surface area contributed by atoms with E-state index in [1.165, 1.54) is 17.8 Å². The summed E-state index contributed by atoms with van der Waals surface area (Å²) in [5.41, 5.74) is 2.28. The Kier molecular flexibility index (Phi) is 9.79. The number of benzene rings is 1. The molecule has 0 aliphatic carbocycles. The molecule has 1 aromatic heterocycles. The van der Waals surface area contributed by atoms with Crippen molar-refractivity contribution in [3.05, 3.63) is 59.7 Å². The van der Waals surface area contributed by atoms with Gasteiger partial charge in [0.25, 0.3) is 0 Å². The molecule has 2 aromatic rings. The molecular formula is C20H31FIN5. The zero-order valence-electron chi connectivity index (χ0n) is 16.8. The number of nitrogens with zero attached hydrogens (tertiary/aromatic N) is 4. The lowest BCUT2D eigenvalue weighted by Crippen LogP contribution is -2.39. The Labute approximate surface area is 179 Å². The Hall–Kier alpha value is -1.61. The minimum atomic E-state index is -0.217. The van der Waals surface area contributed by atoms with Gasteiger partial charge in [0.2, 0.25) is 0 Å². The minimum Gasteiger partial charge on any atom is -0.357 e. The van der Waals surface area contributed by atoms with E-state index in [1.807, 2.05) is 52.6 Å². The monoisotopic (exact) mass is 487 g/mol. The summed E-state index contributed by atoms with van der Waals surface area (Å²) in [6.07, 6.45) is 2.05. The number of hydrogen-bond donors (Lipinski definition) is 1. The second kappa shape index (κ2) is 11.3. The summed E-state index contributed by atoms with van der Waals surface area (Å²) in [6.45, 7) is 4.24. The summed E-state index contributed by atoms with van der Waals surface area (Å²) in [5.74, 6) is 0.646. The van der Waals surface area contributed by atoms with Gasteiger partial charge in [0.1, 0.15) is 5.82 Å². The smallest absolute Gasteiger partial charge is 0.194 e. The summed E-state index contributed by atoms with van der Waals surface area (Å²) in [5, 5.41) is 3.36. The van der Waals surface area contributed by atoms with Gasteiger partial charge in [-0.3, -0.25) is 4.99 Å². The van der Waals surface area contributed by atoms with Crippen LogP contribution in [-0.4, -0.2) is 54.6 Å². The largest absolute Gasteiger partial charge is 0.357 e. The molecule has 1 aromatic carbocycles. The number of likely N-dealkylation sites (N-methyl/N-ethyl adjacent to an activating group) is 1. The lowest BCUT2D eigenvalue weighted by molar-refractivity contribution is 0.305. The number of hydrogen-bond acceptors (Lipinski definition) is 2. The lowest BCUT2D eigenvalue weighted by atomic mass is 10.1. The zero-order valence-corrected chi connectivity index (χ0v) is 19.1. The van der Waals surface area contributed by atoms with Crippen LogP contribution in [0.1, 0.15) is 24.2 Å². The van der Waals surface area contributed by atoms with E-state index in [4.69, 9.17) is 4.99 Å². The third-order valence-electron chi connectivity index (χ3n) is 4.44. The highest BCUT2D eigenvalue weighted by Crippen LogP contribution is 2.19. The van der Waals surface area contributed by atoms with Crippen LogP contribution < -0.4 is 5.32 Å². The number of guanidine groups is 1. The first-order valence-corrected chi connectivity index (χ1v) is 8.94. The van der Waals surface area contributed by atoms with E-state index >= 15 is 0 Å². The number of halogens is 2. The summed E-state index contributed by atoms with van der Waals surface area (Å²) < 4.78 is 15.3. The van der Waals surface area contributed by atoms with E-state index in [-0.39, 0.29) is 35.8 Å². The fraction of sp³-hybridized carbons (Fsp3) is 0.450. The SMILES string of the molecule is CCNC(=NCC(c1ccc(F)cc1)N(C)C)N(C)Cc1cccn1C.I. The van der Waals surface area contributed by atoms with Crippen molar-refractivity contribution in [3.8, 4) is 0 Å². The van der Waals surface area contributed by atoms with Gasteiger partial charge in [-0.05, 0) is 50.8 Å². The molecule has 0 saturated carbocycles. The molecule has 1 atom stereocenters. The quantitative estimate of drug-likeness (QED) is 0.369. The summed E-state index contributed by atoms with van der Waals surface area (Å²) >= 11 is 0. The van der Waals surface area contributed by atoms with Crippen LogP contribution in [-0.2, 0) is 13.6 Å². The molecule has 27 heavy (non-hydrogen) atoms. The number of nitrogens with one attached hydrogen (secondary N) is 1. The molecule has 0 bridgehead atoms. The molecule has 0 aliphatic rings. The highest BCUT2D eigenvalue weighted by molar-refractivity contribution is 14.0. The van der Waals surface area contributed by atoms with Crippen LogP contribution in [0.2, 0.25) is 0 Å². The van der Waals surface area contributed by atoms with E-state index < -0.39 is 0 Å². The third kappa shape index (κ3) is 6.80. The van der Waals surface area contributed by atoms with Crippen molar-refractivity contribution in [1.29, 1.82) is 0 Å². The van der Waals surface area contributed by atoms with Crippen molar-refractivity contribution in [2.24, 2.45) is 12.0 Å². The summed E-state index contributed by atoms with van der Waals surface area (Å²) in [6, 6.07) is 10.9. The van der Waals surface area contributed by atoms with E-state index in [9.17, 15) is 4.39 Å². The van der Waals surface area contributed by atoms with Crippen molar-refractivity contribution in [1.82, 2.24) is 19.7 Å². The van der Waals surface area contributed by atoms with Gasteiger partial charge in [-0.2, -0.15) is 0 Å². The van der Waals surface area contributed by atoms with Gasteiger partial charge in [0.05, 0.1) is 19.1 Å². The predicted molar refractivity (Wildman–Crippen MR) is 121 cm³/mol. The molecule has 0 aliphatic heterocycles. The van der Waals surface area contributed by atoms with Crippen LogP contribution >= 0.6 is 24.0 Å². The zero-order chi connectivity index (χ0) is 19.1. The molecule has 0 spiro atoms. The Morgan fingerprint density at radius 2 is 1.85 bits per heavy atom. The Bertz CT molecular complexity index is 711. The van der Waals surface area contributed by atoms with Gasteiger partial charge in [-0.15, -0.1) is 24.0 Å². The van der Waals surface area contributed by atoms with Gasteiger partial charge in [-0.1, -0.05) is 12.1 Å². The fourth-order valence-electron chi connectivity index (χ4n) is 2.87. The molecule has 1 unspecified atom stereocenters. The minimum absolute atomic E-state index is 0. The predicted octanol–water partition coefficient (Wildman–Crippen LogP) is 3.48. The average Bonchev–Trinajstić information content (AvgIpc) is 3.00. The Balaban J connectivity index is 0.00000364. The molecule has 0 saturated heterocycles. The van der Waals surface area contributed by atoms with Crippen LogP contribution in [0, 0.1) is 5.82 Å². The number of aryl methyl sites for hydroxylation is 1. The maximum absolute atomic E-state index is 13.2. The van der Waals surface area contributed by atoms with E-state index in [0.29, 0.717) is 6.54 Å². The maximum atomic E-state index is 13.2. The van der Waals surface area contributed by atoms with Crippen molar-refractivity contribution in [2.45, 2.75) is 19.5 Å². The number of rotatable bonds is 7. The highest BCUT2D eigenvalue weighted by Gasteiger charge is 2.15. The molecule has 2 rings (SSSR count). The molecule has 5 nitrogen and oxygen atoms in total. The van der Waals surface area contributed by atoms with Crippen molar-refractivity contribution >= 4 is 29.9 Å². The van der Waals surface area contributed by atoms with Gasteiger partial charge in [0, 0.05) is 32.5 Å². The molecular weight excluding hydrogens is 456 g/mol. The highest BCUT2D eigenvalue weighted by atomic mass is 127. The molecule has 1 heterocycles. The average molecular weight is 487 g/mol. The second-order valence-electron chi connectivity index (χ2n) is 6.69. The first kappa shape index (κ1) is 23.4. The van der Waals surface area contributed by atoms with E-state index in [2.05, 4.69) is 32.7 Å². The number of aromatic nitrogens is 1. The Morgan fingerprint density at radius 3 is 2.37 bits per heavy atom. The van der Waals surface area contributed by atoms with E-state index in [0.717, 1.165) is 24.6 Å². The second-order valence-corrected chi connectivity index (χ2v) is 6.69. The van der Waals surface area contributed by atoms with Crippen LogP contribution in [0.15, 0.2) is 47.6 Å². The van der Waals surface area contributed by atoms with Gasteiger partial charge in [0.15, 0.2) is 5.96 Å². The number of aliphatic imine (C=N–C) groups is 1. The summed E-state index contributed by atoms with van der Waals surface area (Å²) in [4.78, 5) is 9.06. The van der Waals surface area contributed by atoms with Crippen LogP contribution in [0.25, 0.3) is 0 Å². The van der Waals surface area contributed by atoms with Crippen molar-refractivity contribution in [3.63, 3.8) is 0 Å². The first-order valence-electron chi connectivity index (χ1n) is 8.94. The molecule has 0 amide bonds. The molecule has 0 radical (unpaired) electrons. The van der Waals surface area contributed by atoms with Gasteiger partial charge in [-0.25, -0.2) is 4.39 Å². The fourth-order valence-corrected chi connectivity index (χ4v) is 2.87. The van der Waals surface area contributed by atoms with Gasteiger partial charge < -0.3 is 19.7 Å². The molecule has 1 N–H and O–H groups in total. The van der Waals surface area contributed by atoms with Crippen LogP contribution in [0.3, 0.4) is 0 Å². The van der Waals surface area contributed by atoms with Crippen LogP contribution in [0.4, 0.5) is 4.39 Å². The van der Waals surface area contributed by atoms with E-state index in [1.54, 1.807) is 0 Å². The maximum Gasteiger partial charge on any atom is 0.194 e. The van der Waals surface area contributed by atoms with Crippen LogP contribution in [0.5, 0.6) is 0 Å². The molecule has 150 valence electrons. The molecule has 0 fully saturated rings. The summed E-state index contributed by atoms with van der Waals surface area (Å²) in [7, 11) is 8.12. The van der Waals surface area contributed by atoms with Gasteiger partial charge >= 0.3 is 0 Å². The van der Waals surface area contributed by atoms with Crippen molar-refractivity contribution < 1.29 is 4.39 Å². The topological polar surface area (TPSA) is 35.8 Å². The lowest BCUT2D eigenvalue weighted by Gasteiger charge is -2.26. The molecule has 7 heteroatoms. The normalized spacial score (nSPS) is 12.6. The third-order valence-corrected chi connectivity index (χ3v) is 4.44. The Morgan fingerprint density at radius 1 is 1.19 bits per heavy atom.